The molecule has 0 fully saturated rings. The Hall–Kier alpha value is -2.05. The minimum atomic E-state index is -0.158. The van der Waals surface area contributed by atoms with Crippen molar-refractivity contribution >= 4 is 24.0 Å². The molecular formula is C16H19ClN4O2. The van der Waals surface area contributed by atoms with Crippen LogP contribution in [0.15, 0.2) is 24.4 Å². The van der Waals surface area contributed by atoms with Crippen molar-refractivity contribution in [2.45, 2.75) is 19.4 Å². The maximum atomic E-state index is 12.5. The monoisotopic (exact) mass is 334 g/mol. The number of carbonyl (C=O) groups excluding carboxylic acids is 1. The quantitative estimate of drug-likeness (QED) is 0.876. The smallest absolute Gasteiger partial charge is 0.275 e. The zero-order valence-electron chi connectivity index (χ0n) is 12.7. The molecule has 0 saturated heterocycles. The minimum absolute atomic E-state index is 0. The van der Waals surface area contributed by atoms with Crippen LogP contribution >= 0.6 is 12.4 Å². The van der Waals surface area contributed by atoms with Crippen molar-refractivity contribution in [3.05, 3.63) is 41.5 Å². The third kappa shape index (κ3) is 3.04. The summed E-state index contributed by atoms with van der Waals surface area (Å²) in [5.41, 5.74) is 2.37. The van der Waals surface area contributed by atoms with Crippen molar-refractivity contribution in [2.75, 3.05) is 25.0 Å². The molecule has 2 N–H and O–H groups in total. The molecule has 0 saturated carbocycles. The molecule has 122 valence electrons. The Balaban J connectivity index is 0.00000156. The average molecular weight is 335 g/mol. The van der Waals surface area contributed by atoms with E-state index in [2.05, 4.69) is 20.2 Å². The topological polar surface area (TPSA) is 68.2 Å². The fourth-order valence-electron chi connectivity index (χ4n) is 3.01. The first-order chi connectivity index (χ1) is 10.8. The summed E-state index contributed by atoms with van der Waals surface area (Å²) in [5.74, 6) is 1.68. The standard InChI is InChI=1S/C16H18N4O2.ClH/c21-16(13-10-20-8-7-17-6-4-15(20)18-13)19-12-2-1-3-14-11(12)5-9-22-14;/h1-3,10,17H,4-9H2,(H,19,21);1H. The van der Waals surface area contributed by atoms with Gasteiger partial charge in [0.1, 0.15) is 17.3 Å². The summed E-state index contributed by atoms with van der Waals surface area (Å²) in [6, 6.07) is 5.74. The Morgan fingerprint density at radius 2 is 2.22 bits per heavy atom. The van der Waals surface area contributed by atoms with E-state index < -0.39 is 0 Å². The number of nitrogens with zero attached hydrogens (tertiary/aromatic N) is 2. The number of carbonyl (C=O) groups is 1. The Bertz CT molecular complexity index is 705. The van der Waals surface area contributed by atoms with Gasteiger partial charge in [0.2, 0.25) is 0 Å². The van der Waals surface area contributed by atoms with Gasteiger partial charge in [-0.15, -0.1) is 12.4 Å². The molecule has 0 atom stereocenters. The summed E-state index contributed by atoms with van der Waals surface area (Å²) < 4.78 is 7.59. The van der Waals surface area contributed by atoms with Crippen molar-refractivity contribution in [1.29, 1.82) is 0 Å². The number of amides is 1. The van der Waals surface area contributed by atoms with E-state index in [1.165, 1.54) is 0 Å². The zero-order valence-corrected chi connectivity index (χ0v) is 13.5. The van der Waals surface area contributed by atoms with Crippen LogP contribution in [0.3, 0.4) is 0 Å². The number of benzene rings is 1. The molecule has 3 heterocycles. The second kappa shape index (κ2) is 6.60. The fraction of sp³-hybridized carbons (Fsp3) is 0.375. The summed E-state index contributed by atoms with van der Waals surface area (Å²) in [5, 5.41) is 6.29. The average Bonchev–Trinajstić information content (AvgIpc) is 3.10. The van der Waals surface area contributed by atoms with E-state index in [4.69, 9.17) is 4.74 Å². The van der Waals surface area contributed by atoms with Gasteiger partial charge in [-0.3, -0.25) is 4.79 Å². The van der Waals surface area contributed by atoms with Crippen LogP contribution in [0.4, 0.5) is 5.69 Å². The predicted molar refractivity (Wildman–Crippen MR) is 89.6 cm³/mol. The van der Waals surface area contributed by atoms with E-state index >= 15 is 0 Å². The molecule has 0 bridgehead atoms. The highest BCUT2D eigenvalue weighted by atomic mass is 35.5. The highest BCUT2D eigenvalue weighted by Crippen LogP contribution is 2.31. The van der Waals surface area contributed by atoms with Gasteiger partial charge in [-0.2, -0.15) is 0 Å². The summed E-state index contributed by atoms with van der Waals surface area (Å²) in [7, 11) is 0. The summed E-state index contributed by atoms with van der Waals surface area (Å²) in [6.07, 6.45) is 3.52. The number of ether oxygens (including phenoxy) is 1. The molecule has 4 rings (SSSR count). The Morgan fingerprint density at radius 1 is 1.30 bits per heavy atom. The molecular weight excluding hydrogens is 316 g/mol. The number of hydrogen-bond acceptors (Lipinski definition) is 4. The van der Waals surface area contributed by atoms with Crippen LogP contribution < -0.4 is 15.4 Å². The Labute approximate surface area is 140 Å². The van der Waals surface area contributed by atoms with Gasteiger partial charge >= 0.3 is 0 Å². The number of anilines is 1. The molecule has 6 nitrogen and oxygen atoms in total. The van der Waals surface area contributed by atoms with E-state index in [-0.39, 0.29) is 18.3 Å². The van der Waals surface area contributed by atoms with Crippen LogP contribution in [0.2, 0.25) is 0 Å². The van der Waals surface area contributed by atoms with E-state index in [0.717, 1.165) is 55.3 Å². The molecule has 2 aliphatic heterocycles. The van der Waals surface area contributed by atoms with Crippen molar-refractivity contribution in [1.82, 2.24) is 14.9 Å². The second-order valence-electron chi connectivity index (χ2n) is 5.57. The molecule has 7 heteroatoms. The highest BCUT2D eigenvalue weighted by molar-refractivity contribution is 6.03. The molecule has 1 aromatic heterocycles. The number of rotatable bonds is 2. The van der Waals surface area contributed by atoms with Gasteiger partial charge in [0.25, 0.3) is 5.91 Å². The first-order valence-electron chi connectivity index (χ1n) is 7.64. The third-order valence-electron chi connectivity index (χ3n) is 4.14. The number of imidazole rings is 1. The lowest BCUT2D eigenvalue weighted by Gasteiger charge is -2.07. The van der Waals surface area contributed by atoms with Crippen LogP contribution in [0.25, 0.3) is 0 Å². The van der Waals surface area contributed by atoms with Crippen LogP contribution in [-0.2, 0) is 19.4 Å². The molecule has 1 aromatic carbocycles. The lowest BCUT2D eigenvalue weighted by atomic mass is 10.1. The summed E-state index contributed by atoms with van der Waals surface area (Å²) in [6.45, 7) is 3.34. The third-order valence-corrected chi connectivity index (χ3v) is 4.14. The van der Waals surface area contributed by atoms with Crippen molar-refractivity contribution in [3.63, 3.8) is 0 Å². The van der Waals surface area contributed by atoms with Gasteiger partial charge in [0.15, 0.2) is 0 Å². The molecule has 0 spiro atoms. The van der Waals surface area contributed by atoms with Gasteiger partial charge in [0, 0.05) is 49.9 Å². The maximum absolute atomic E-state index is 12.5. The van der Waals surface area contributed by atoms with Crippen LogP contribution in [0, 0.1) is 0 Å². The number of hydrogen-bond donors (Lipinski definition) is 2. The Morgan fingerprint density at radius 3 is 3.13 bits per heavy atom. The van der Waals surface area contributed by atoms with E-state index in [0.29, 0.717) is 12.3 Å². The van der Waals surface area contributed by atoms with Crippen molar-refractivity contribution in [3.8, 4) is 5.75 Å². The highest BCUT2D eigenvalue weighted by Gasteiger charge is 2.20. The number of nitrogens with one attached hydrogen (secondary N) is 2. The second-order valence-corrected chi connectivity index (χ2v) is 5.57. The lowest BCUT2D eigenvalue weighted by Crippen LogP contribution is -2.18. The Kier molecular flexibility index (Phi) is 4.54. The number of fused-ring (bicyclic) bond motifs is 2. The lowest BCUT2D eigenvalue weighted by molar-refractivity contribution is 0.102. The molecule has 2 aliphatic rings. The summed E-state index contributed by atoms with van der Waals surface area (Å²) in [4.78, 5) is 17.0. The summed E-state index contributed by atoms with van der Waals surface area (Å²) >= 11 is 0. The van der Waals surface area contributed by atoms with E-state index in [1.807, 2.05) is 24.4 Å². The van der Waals surface area contributed by atoms with Gasteiger partial charge in [-0.1, -0.05) is 6.07 Å². The fourth-order valence-corrected chi connectivity index (χ4v) is 3.01. The molecule has 23 heavy (non-hydrogen) atoms. The van der Waals surface area contributed by atoms with Crippen LogP contribution in [-0.4, -0.2) is 35.2 Å². The molecule has 2 aromatic rings. The molecule has 0 radical (unpaired) electrons. The number of aromatic nitrogens is 2. The predicted octanol–water partition coefficient (Wildman–Crippen LogP) is 1.64. The normalized spacial score (nSPS) is 15.7. The number of halogens is 1. The SMILES string of the molecule is Cl.O=C(Nc1cccc2c1CCO2)c1cn2c(n1)CCNCC2. The minimum Gasteiger partial charge on any atom is -0.493 e. The van der Waals surface area contributed by atoms with Gasteiger partial charge in [-0.25, -0.2) is 4.98 Å². The van der Waals surface area contributed by atoms with Crippen molar-refractivity contribution < 1.29 is 9.53 Å². The molecule has 0 unspecified atom stereocenters. The maximum Gasteiger partial charge on any atom is 0.275 e. The van der Waals surface area contributed by atoms with E-state index in [9.17, 15) is 4.79 Å². The van der Waals surface area contributed by atoms with Crippen molar-refractivity contribution in [2.24, 2.45) is 0 Å². The van der Waals surface area contributed by atoms with Gasteiger partial charge < -0.3 is 19.9 Å². The molecule has 0 aliphatic carbocycles. The van der Waals surface area contributed by atoms with Gasteiger partial charge in [0.05, 0.1) is 6.61 Å². The zero-order chi connectivity index (χ0) is 14.9. The van der Waals surface area contributed by atoms with E-state index in [1.54, 1.807) is 0 Å². The van der Waals surface area contributed by atoms with Crippen LogP contribution in [0.1, 0.15) is 21.9 Å². The van der Waals surface area contributed by atoms with Gasteiger partial charge in [-0.05, 0) is 12.1 Å². The largest absolute Gasteiger partial charge is 0.493 e. The first-order valence-corrected chi connectivity index (χ1v) is 7.64. The molecule has 1 amide bonds. The first kappa shape index (κ1) is 15.8. The van der Waals surface area contributed by atoms with Crippen LogP contribution in [0.5, 0.6) is 5.75 Å².